The highest BCUT2D eigenvalue weighted by Crippen LogP contribution is 2.42. The number of hydrogen-bond donors (Lipinski definition) is 1. The molecule has 0 saturated carbocycles. The second kappa shape index (κ2) is 7.25. The maximum absolute atomic E-state index is 12.1. The lowest BCUT2D eigenvalue weighted by molar-refractivity contribution is -0.135. The Labute approximate surface area is 158 Å². The summed E-state index contributed by atoms with van der Waals surface area (Å²) < 4.78 is 17.1. The second-order valence-electron chi connectivity index (χ2n) is 5.49. The minimum Gasteiger partial charge on any atom is -0.504 e. The van der Waals surface area contributed by atoms with Crippen molar-refractivity contribution in [1.82, 2.24) is 5.01 Å². The van der Waals surface area contributed by atoms with E-state index >= 15 is 0 Å². The largest absolute Gasteiger partial charge is 0.504 e. The van der Waals surface area contributed by atoms with Crippen molar-refractivity contribution < 1.29 is 24.1 Å². The van der Waals surface area contributed by atoms with Crippen LogP contribution in [0.4, 0.5) is 0 Å². The number of methoxy groups -OCH3 is 2. The standard InChI is InChI=1S/C18H17BrN2O5/c1-10(22)21-18(13-8-11(19)9-15(25-3)16(13)23)26-17(20-21)12-6-4-5-7-14(12)24-2/h4-9,18,23H,1-3H3. The number of aromatic hydroxyl groups is 1. The van der Waals surface area contributed by atoms with Gasteiger partial charge in [0.15, 0.2) is 11.5 Å². The number of hydrogen-bond acceptors (Lipinski definition) is 6. The zero-order valence-corrected chi connectivity index (χ0v) is 16.0. The normalized spacial score (nSPS) is 16.1. The van der Waals surface area contributed by atoms with E-state index in [1.165, 1.54) is 19.0 Å². The zero-order valence-electron chi connectivity index (χ0n) is 14.4. The Morgan fingerprint density at radius 3 is 2.58 bits per heavy atom. The molecule has 0 bridgehead atoms. The van der Waals surface area contributed by atoms with Gasteiger partial charge in [0.2, 0.25) is 18.0 Å². The molecule has 0 saturated heterocycles. The van der Waals surface area contributed by atoms with Crippen LogP contribution in [0.15, 0.2) is 46.0 Å². The number of carbonyl (C=O) groups is 1. The van der Waals surface area contributed by atoms with Crippen LogP contribution in [0, 0.1) is 0 Å². The van der Waals surface area contributed by atoms with E-state index in [1.807, 2.05) is 12.1 Å². The Kier molecular flexibility index (Phi) is 5.03. The number of para-hydroxylation sites is 1. The molecule has 26 heavy (non-hydrogen) atoms. The number of phenolic OH excluding ortho intramolecular Hbond substituents is 1. The van der Waals surface area contributed by atoms with Crippen molar-refractivity contribution in [2.24, 2.45) is 5.10 Å². The summed E-state index contributed by atoms with van der Waals surface area (Å²) in [5.74, 6) is 0.585. The molecule has 0 fully saturated rings. The van der Waals surface area contributed by atoms with Crippen molar-refractivity contribution in [3.63, 3.8) is 0 Å². The molecule has 1 amide bonds. The molecule has 1 heterocycles. The molecule has 1 unspecified atom stereocenters. The highest BCUT2D eigenvalue weighted by molar-refractivity contribution is 9.10. The van der Waals surface area contributed by atoms with Gasteiger partial charge in [-0.2, -0.15) is 5.01 Å². The molecule has 1 atom stereocenters. The third-order valence-corrected chi connectivity index (χ3v) is 4.32. The Balaban J connectivity index is 2.06. The molecule has 1 aliphatic rings. The van der Waals surface area contributed by atoms with Crippen molar-refractivity contribution in [3.8, 4) is 17.2 Å². The minimum absolute atomic E-state index is 0.122. The molecule has 0 aromatic heterocycles. The van der Waals surface area contributed by atoms with E-state index in [9.17, 15) is 9.90 Å². The highest BCUT2D eigenvalue weighted by Gasteiger charge is 2.36. The van der Waals surface area contributed by atoms with Gasteiger partial charge in [-0.15, -0.1) is 5.10 Å². The van der Waals surface area contributed by atoms with E-state index < -0.39 is 6.23 Å². The molecule has 3 rings (SSSR count). The number of amides is 1. The fourth-order valence-corrected chi connectivity index (χ4v) is 3.09. The molecule has 2 aromatic rings. The lowest BCUT2D eigenvalue weighted by Gasteiger charge is -2.21. The molecule has 0 aliphatic carbocycles. The molecule has 136 valence electrons. The van der Waals surface area contributed by atoms with Crippen LogP contribution in [-0.2, 0) is 9.53 Å². The van der Waals surface area contributed by atoms with Crippen molar-refractivity contribution in [3.05, 3.63) is 52.0 Å². The summed E-state index contributed by atoms with van der Waals surface area (Å²) in [4.78, 5) is 12.1. The van der Waals surface area contributed by atoms with Gasteiger partial charge in [0, 0.05) is 11.4 Å². The minimum atomic E-state index is -0.932. The molecule has 7 nitrogen and oxygen atoms in total. The van der Waals surface area contributed by atoms with Crippen molar-refractivity contribution in [1.29, 1.82) is 0 Å². The fourth-order valence-electron chi connectivity index (χ4n) is 2.64. The molecule has 1 aliphatic heterocycles. The Hall–Kier alpha value is -2.74. The van der Waals surface area contributed by atoms with Crippen molar-refractivity contribution in [2.75, 3.05) is 14.2 Å². The summed E-state index contributed by atoms with van der Waals surface area (Å²) in [5.41, 5.74) is 0.949. The van der Waals surface area contributed by atoms with Gasteiger partial charge in [0.1, 0.15) is 5.75 Å². The fraction of sp³-hybridized carbons (Fsp3) is 0.222. The van der Waals surface area contributed by atoms with Crippen LogP contribution in [0.25, 0.3) is 0 Å². The SMILES string of the molecule is COc1ccccc1C1=NN(C(C)=O)C(c2cc(Br)cc(OC)c2O)O1. The van der Waals surface area contributed by atoms with Crippen LogP contribution < -0.4 is 9.47 Å². The Morgan fingerprint density at radius 2 is 1.92 bits per heavy atom. The molecular weight excluding hydrogens is 404 g/mol. The average Bonchev–Trinajstić information content (AvgIpc) is 3.08. The van der Waals surface area contributed by atoms with Gasteiger partial charge in [0.25, 0.3) is 0 Å². The Morgan fingerprint density at radius 1 is 1.23 bits per heavy atom. The molecule has 8 heteroatoms. The van der Waals surface area contributed by atoms with Gasteiger partial charge < -0.3 is 19.3 Å². The van der Waals surface area contributed by atoms with Crippen LogP contribution in [0.3, 0.4) is 0 Å². The van der Waals surface area contributed by atoms with Gasteiger partial charge in [-0.1, -0.05) is 28.1 Å². The van der Waals surface area contributed by atoms with Crippen LogP contribution in [-0.4, -0.2) is 36.1 Å². The molecule has 0 radical (unpaired) electrons. The number of hydrazone groups is 1. The van der Waals surface area contributed by atoms with E-state index in [1.54, 1.807) is 31.4 Å². The number of halogens is 1. The van der Waals surface area contributed by atoms with Gasteiger partial charge >= 0.3 is 0 Å². The maximum Gasteiger partial charge on any atom is 0.244 e. The molecule has 1 N–H and O–H groups in total. The second-order valence-corrected chi connectivity index (χ2v) is 6.40. The van der Waals surface area contributed by atoms with Gasteiger partial charge in [-0.05, 0) is 24.3 Å². The zero-order chi connectivity index (χ0) is 18.8. The molecule has 2 aromatic carbocycles. The first-order valence-corrected chi connectivity index (χ1v) is 8.50. The monoisotopic (exact) mass is 420 g/mol. The summed E-state index contributed by atoms with van der Waals surface area (Å²) in [7, 11) is 2.99. The van der Waals surface area contributed by atoms with Crippen molar-refractivity contribution >= 4 is 27.7 Å². The number of phenols is 1. The van der Waals surface area contributed by atoms with Crippen molar-refractivity contribution in [2.45, 2.75) is 13.2 Å². The molecule has 0 spiro atoms. The van der Waals surface area contributed by atoms with Gasteiger partial charge in [0.05, 0.1) is 25.3 Å². The number of nitrogens with zero attached hydrogens (tertiary/aromatic N) is 2. The van der Waals surface area contributed by atoms with Gasteiger partial charge in [-0.3, -0.25) is 4.79 Å². The van der Waals surface area contributed by atoms with Crippen LogP contribution in [0.1, 0.15) is 24.3 Å². The third kappa shape index (κ3) is 3.20. The smallest absolute Gasteiger partial charge is 0.244 e. The summed E-state index contributed by atoms with van der Waals surface area (Å²) in [5, 5.41) is 15.9. The van der Waals surface area contributed by atoms with Crippen LogP contribution >= 0.6 is 15.9 Å². The van der Waals surface area contributed by atoms with E-state index in [0.29, 0.717) is 21.3 Å². The first-order chi connectivity index (χ1) is 12.5. The number of carbonyl (C=O) groups excluding carboxylic acids is 1. The van der Waals surface area contributed by atoms with E-state index in [4.69, 9.17) is 14.2 Å². The first-order valence-electron chi connectivity index (χ1n) is 7.71. The predicted octanol–water partition coefficient (Wildman–Crippen LogP) is 3.41. The lowest BCUT2D eigenvalue weighted by Crippen LogP contribution is -2.25. The van der Waals surface area contributed by atoms with E-state index in [2.05, 4.69) is 21.0 Å². The van der Waals surface area contributed by atoms with Crippen LogP contribution in [0.2, 0.25) is 0 Å². The highest BCUT2D eigenvalue weighted by atomic mass is 79.9. The third-order valence-electron chi connectivity index (χ3n) is 3.86. The number of ether oxygens (including phenoxy) is 3. The predicted molar refractivity (Wildman–Crippen MR) is 98.2 cm³/mol. The van der Waals surface area contributed by atoms with Crippen LogP contribution in [0.5, 0.6) is 17.2 Å². The van der Waals surface area contributed by atoms with E-state index in [0.717, 1.165) is 0 Å². The average molecular weight is 421 g/mol. The molecular formula is C18H17BrN2O5. The van der Waals surface area contributed by atoms with E-state index in [-0.39, 0.29) is 23.3 Å². The number of rotatable bonds is 4. The topological polar surface area (TPSA) is 80.6 Å². The summed E-state index contributed by atoms with van der Waals surface area (Å²) >= 11 is 3.37. The number of benzene rings is 2. The first kappa shape index (κ1) is 18.1. The maximum atomic E-state index is 12.1. The lowest BCUT2D eigenvalue weighted by atomic mass is 10.1. The van der Waals surface area contributed by atoms with Gasteiger partial charge in [-0.25, -0.2) is 0 Å². The summed E-state index contributed by atoms with van der Waals surface area (Å²) in [6.45, 7) is 1.37. The Bertz CT molecular complexity index is 884. The summed E-state index contributed by atoms with van der Waals surface area (Å²) in [6.07, 6.45) is -0.932. The quantitative estimate of drug-likeness (QED) is 0.819. The summed E-state index contributed by atoms with van der Waals surface area (Å²) in [6, 6.07) is 10.5.